The van der Waals surface area contributed by atoms with Crippen LogP contribution < -0.4 is 14.8 Å². The molecule has 0 spiro atoms. The Morgan fingerprint density at radius 1 is 1.22 bits per heavy atom. The highest BCUT2D eigenvalue weighted by molar-refractivity contribution is 7.12. The largest absolute Gasteiger partial charge is 0.486 e. The number of aryl methyl sites for hydroxylation is 1. The lowest BCUT2D eigenvalue weighted by molar-refractivity contribution is 0.0855. The summed E-state index contributed by atoms with van der Waals surface area (Å²) < 4.78 is 11.2. The van der Waals surface area contributed by atoms with Gasteiger partial charge in [0.25, 0.3) is 0 Å². The number of urea groups is 1. The van der Waals surface area contributed by atoms with Crippen molar-refractivity contribution < 1.29 is 19.1 Å². The van der Waals surface area contributed by atoms with Crippen molar-refractivity contribution in [2.75, 3.05) is 31.6 Å². The Morgan fingerprint density at radius 2 is 2.00 bits per heavy atom. The Morgan fingerprint density at radius 3 is 2.74 bits per heavy atom. The van der Waals surface area contributed by atoms with Gasteiger partial charge in [0, 0.05) is 30.8 Å². The predicted molar refractivity (Wildman–Crippen MR) is 104 cm³/mol. The monoisotopic (exact) mass is 386 g/mol. The van der Waals surface area contributed by atoms with E-state index in [0.717, 1.165) is 23.3 Å². The lowest BCUT2D eigenvalue weighted by Crippen LogP contribution is -2.44. The number of hydrogen-bond donors (Lipinski definition) is 1. The Bertz CT molecular complexity index is 850. The van der Waals surface area contributed by atoms with Gasteiger partial charge >= 0.3 is 6.03 Å². The van der Waals surface area contributed by atoms with Gasteiger partial charge in [0.05, 0.1) is 4.88 Å². The van der Waals surface area contributed by atoms with Crippen molar-refractivity contribution in [3.8, 4) is 11.5 Å². The Hall–Kier alpha value is -2.54. The SMILES string of the molecule is Cc1cc2c(cc1NC(=O)N1CCCC(C(=O)c3cccs3)C1)OCCO2. The third-order valence-corrected chi connectivity index (χ3v) is 5.86. The number of piperidine rings is 1. The summed E-state index contributed by atoms with van der Waals surface area (Å²) in [5, 5.41) is 4.87. The number of nitrogens with one attached hydrogen (secondary N) is 1. The predicted octanol–water partition coefficient (Wildman–Crippen LogP) is 3.95. The standard InChI is InChI=1S/C20H22N2O4S/c1-13-10-16-17(26-8-7-25-16)11-15(13)21-20(24)22-6-2-4-14(12-22)19(23)18-5-3-9-27-18/h3,5,9-11,14H,2,4,6-8,12H2,1H3,(H,21,24). The second-order valence-corrected chi connectivity index (χ2v) is 7.82. The van der Waals surface area contributed by atoms with Crippen LogP contribution in [0, 0.1) is 12.8 Å². The number of carbonyl (C=O) groups is 2. The number of anilines is 1. The number of rotatable bonds is 3. The van der Waals surface area contributed by atoms with Crippen molar-refractivity contribution in [1.82, 2.24) is 4.90 Å². The molecule has 0 saturated carbocycles. The first-order valence-electron chi connectivity index (χ1n) is 9.15. The number of nitrogens with zero attached hydrogens (tertiary/aromatic N) is 1. The van der Waals surface area contributed by atoms with Gasteiger partial charge in [-0.05, 0) is 42.8 Å². The van der Waals surface area contributed by atoms with Crippen LogP contribution in [0.4, 0.5) is 10.5 Å². The fraction of sp³-hybridized carbons (Fsp3) is 0.400. The van der Waals surface area contributed by atoms with Crippen LogP contribution in [0.15, 0.2) is 29.6 Å². The molecule has 1 fully saturated rings. The van der Waals surface area contributed by atoms with Crippen LogP contribution in [0.2, 0.25) is 0 Å². The minimum Gasteiger partial charge on any atom is -0.486 e. The van der Waals surface area contributed by atoms with E-state index in [1.54, 1.807) is 11.0 Å². The number of ketones is 1. The second kappa shape index (κ2) is 7.60. The van der Waals surface area contributed by atoms with Crippen LogP contribution >= 0.6 is 11.3 Å². The molecule has 1 unspecified atom stereocenters. The Labute approximate surface area is 162 Å². The molecular formula is C20H22N2O4S. The normalized spacial score (nSPS) is 18.9. The number of likely N-dealkylation sites (tertiary alicyclic amines) is 1. The minimum absolute atomic E-state index is 0.135. The number of fused-ring (bicyclic) bond motifs is 1. The van der Waals surface area contributed by atoms with Crippen LogP contribution in [0.3, 0.4) is 0 Å². The fourth-order valence-corrected chi connectivity index (χ4v) is 4.26. The van der Waals surface area contributed by atoms with Gasteiger partial charge in [-0.25, -0.2) is 4.79 Å². The number of thiophene rings is 1. The van der Waals surface area contributed by atoms with E-state index in [-0.39, 0.29) is 17.7 Å². The average molecular weight is 386 g/mol. The van der Waals surface area contributed by atoms with Gasteiger partial charge in [-0.1, -0.05) is 6.07 Å². The summed E-state index contributed by atoms with van der Waals surface area (Å²) in [6.45, 7) is 4.07. The molecule has 1 saturated heterocycles. The number of ether oxygens (including phenoxy) is 2. The third kappa shape index (κ3) is 3.78. The van der Waals surface area contributed by atoms with E-state index in [4.69, 9.17) is 9.47 Å². The van der Waals surface area contributed by atoms with E-state index in [2.05, 4.69) is 5.32 Å². The summed E-state index contributed by atoms with van der Waals surface area (Å²) in [6, 6.07) is 7.24. The van der Waals surface area contributed by atoms with Gasteiger partial charge in [0.1, 0.15) is 13.2 Å². The van der Waals surface area contributed by atoms with E-state index in [0.29, 0.717) is 43.5 Å². The van der Waals surface area contributed by atoms with Crippen molar-refractivity contribution >= 4 is 28.8 Å². The maximum absolute atomic E-state index is 12.8. The van der Waals surface area contributed by atoms with Gasteiger partial charge in [0.15, 0.2) is 17.3 Å². The molecule has 0 aliphatic carbocycles. The molecule has 6 nitrogen and oxygen atoms in total. The van der Waals surface area contributed by atoms with Gasteiger partial charge in [-0.3, -0.25) is 4.79 Å². The van der Waals surface area contributed by atoms with Crippen molar-refractivity contribution in [1.29, 1.82) is 0 Å². The van der Waals surface area contributed by atoms with Crippen molar-refractivity contribution in [3.63, 3.8) is 0 Å². The van der Waals surface area contributed by atoms with E-state index in [9.17, 15) is 9.59 Å². The van der Waals surface area contributed by atoms with Crippen molar-refractivity contribution in [2.45, 2.75) is 19.8 Å². The van der Waals surface area contributed by atoms with E-state index in [1.165, 1.54) is 11.3 Å². The molecule has 1 aromatic heterocycles. The quantitative estimate of drug-likeness (QED) is 0.811. The molecule has 2 aromatic rings. The summed E-state index contributed by atoms with van der Waals surface area (Å²) in [5.74, 6) is 1.35. The number of carbonyl (C=O) groups excluding carboxylic acids is 2. The first-order valence-corrected chi connectivity index (χ1v) is 10.0. The maximum Gasteiger partial charge on any atom is 0.321 e. The van der Waals surface area contributed by atoms with E-state index < -0.39 is 0 Å². The lowest BCUT2D eigenvalue weighted by atomic mass is 9.93. The molecule has 2 aliphatic rings. The molecule has 4 rings (SSSR count). The molecule has 0 radical (unpaired) electrons. The second-order valence-electron chi connectivity index (χ2n) is 6.87. The molecule has 2 aliphatic heterocycles. The van der Waals surface area contributed by atoms with E-state index >= 15 is 0 Å². The Kier molecular flexibility index (Phi) is 5.03. The van der Waals surface area contributed by atoms with E-state index in [1.807, 2.05) is 30.5 Å². The van der Waals surface area contributed by atoms with Crippen LogP contribution in [0.1, 0.15) is 28.1 Å². The summed E-state index contributed by atoms with van der Waals surface area (Å²) in [5.41, 5.74) is 1.62. The molecule has 3 heterocycles. The first-order chi connectivity index (χ1) is 13.1. The highest BCUT2D eigenvalue weighted by Gasteiger charge is 2.29. The zero-order valence-corrected chi connectivity index (χ0v) is 16.0. The molecule has 2 amide bonds. The fourth-order valence-electron chi connectivity index (χ4n) is 3.51. The molecule has 1 aromatic carbocycles. The summed E-state index contributed by atoms with van der Waals surface area (Å²) >= 11 is 1.46. The van der Waals surface area contributed by atoms with Crippen molar-refractivity contribution in [2.24, 2.45) is 5.92 Å². The summed E-state index contributed by atoms with van der Waals surface area (Å²) in [6.07, 6.45) is 1.65. The topological polar surface area (TPSA) is 67.9 Å². The molecule has 27 heavy (non-hydrogen) atoms. The van der Waals surface area contributed by atoms with Gasteiger partial charge < -0.3 is 19.7 Å². The number of benzene rings is 1. The Balaban J connectivity index is 1.44. The summed E-state index contributed by atoms with van der Waals surface area (Å²) in [4.78, 5) is 27.9. The van der Waals surface area contributed by atoms with Crippen LogP contribution in [-0.4, -0.2) is 43.0 Å². The molecular weight excluding hydrogens is 364 g/mol. The molecule has 142 valence electrons. The average Bonchev–Trinajstić information content (AvgIpc) is 3.23. The van der Waals surface area contributed by atoms with Crippen LogP contribution in [-0.2, 0) is 0 Å². The maximum atomic E-state index is 12.8. The zero-order valence-electron chi connectivity index (χ0n) is 15.2. The first kappa shape index (κ1) is 17.9. The highest BCUT2D eigenvalue weighted by atomic mass is 32.1. The molecule has 1 N–H and O–H groups in total. The number of hydrogen-bond acceptors (Lipinski definition) is 5. The van der Waals surface area contributed by atoms with Gasteiger partial charge in [0.2, 0.25) is 0 Å². The van der Waals surface area contributed by atoms with Gasteiger partial charge in [-0.15, -0.1) is 11.3 Å². The zero-order chi connectivity index (χ0) is 18.8. The smallest absolute Gasteiger partial charge is 0.321 e. The van der Waals surface area contributed by atoms with Gasteiger partial charge in [-0.2, -0.15) is 0 Å². The number of amides is 2. The molecule has 0 bridgehead atoms. The molecule has 7 heteroatoms. The highest BCUT2D eigenvalue weighted by Crippen LogP contribution is 2.35. The van der Waals surface area contributed by atoms with Crippen LogP contribution in [0.5, 0.6) is 11.5 Å². The van der Waals surface area contributed by atoms with Crippen molar-refractivity contribution in [3.05, 3.63) is 40.1 Å². The summed E-state index contributed by atoms with van der Waals surface area (Å²) in [7, 11) is 0. The lowest BCUT2D eigenvalue weighted by Gasteiger charge is -2.32. The third-order valence-electron chi connectivity index (χ3n) is 4.97. The number of Topliss-reactive ketones (excluding diaryl/α,β-unsaturated/α-hetero) is 1. The molecule has 1 atom stereocenters. The minimum atomic E-state index is -0.182. The van der Waals surface area contributed by atoms with Crippen LogP contribution in [0.25, 0.3) is 0 Å².